The average molecular weight is 427 g/mol. The molecule has 6 nitrogen and oxygen atoms in total. The van der Waals surface area contributed by atoms with Crippen LogP contribution < -0.4 is 0 Å². The minimum Gasteiger partial charge on any atom is -0.469 e. The van der Waals surface area contributed by atoms with Gasteiger partial charge in [0, 0.05) is 23.8 Å². The molecule has 0 radical (unpaired) electrons. The number of nitrogens with zero attached hydrogens (tertiary/aromatic N) is 1. The third-order valence-corrected chi connectivity index (χ3v) is 5.42. The fraction of sp³-hybridized carbons (Fsp3) is 0.462. The SMILES string of the molecule is COCCN(CCC(=O)OC)S(=O)(=O)c1ccc(I)cc1. The molecular formula is C13H18INO5S. The molecule has 21 heavy (non-hydrogen) atoms. The molecule has 0 bridgehead atoms. The first-order chi connectivity index (χ1) is 9.91. The Morgan fingerprint density at radius 2 is 1.81 bits per heavy atom. The number of carbonyl (C=O) groups excluding carboxylic acids is 1. The van der Waals surface area contributed by atoms with E-state index in [1.807, 2.05) is 0 Å². The van der Waals surface area contributed by atoms with Gasteiger partial charge in [-0.05, 0) is 46.9 Å². The lowest BCUT2D eigenvalue weighted by atomic mass is 10.4. The van der Waals surface area contributed by atoms with Crippen LogP contribution in [0.2, 0.25) is 0 Å². The molecule has 0 amide bonds. The summed E-state index contributed by atoms with van der Waals surface area (Å²) in [5, 5.41) is 0. The maximum Gasteiger partial charge on any atom is 0.306 e. The highest BCUT2D eigenvalue weighted by molar-refractivity contribution is 14.1. The smallest absolute Gasteiger partial charge is 0.306 e. The van der Waals surface area contributed by atoms with Gasteiger partial charge in [-0.2, -0.15) is 4.31 Å². The predicted octanol–water partition coefficient (Wildman–Crippen LogP) is 1.49. The van der Waals surface area contributed by atoms with Gasteiger partial charge in [0.1, 0.15) is 0 Å². The Hall–Kier alpha value is -0.710. The molecule has 8 heteroatoms. The summed E-state index contributed by atoms with van der Waals surface area (Å²) in [4.78, 5) is 11.4. The maximum atomic E-state index is 12.6. The molecule has 0 heterocycles. The Balaban J connectivity index is 2.93. The fourth-order valence-corrected chi connectivity index (χ4v) is 3.40. The predicted molar refractivity (Wildman–Crippen MR) is 86.4 cm³/mol. The summed E-state index contributed by atoms with van der Waals surface area (Å²) < 4.78 is 36.8. The standard InChI is InChI=1S/C13H18INO5S/c1-19-10-9-15(8-7-13(16)20-2)21(17,18)12-5-3-11(14)4-6-12/h3-6H,7-10H2,1-2H3. The lowest BCUT2D eigenvalue weighted by Crippen LogP contribution is -2.35. The van der Waals surface area contributed by atoms with Crippen molar-refractivity contribution in [2.24, 2.45) is 0 Å². The zero-order valence-corrected chi connectivity index (χ0v) is 14.9. The molecule has 1 aromatic rings. The van der Waals surface area contributed by atoms with E-state index in [0.717, 1.165) is 3.57 Å². The van der Waals surface area contributed by atoms with Crippen LogP contribution in [0, 0.1) is 3.57 Å². The van der Waals surface area contributed by atoms with Gasteiger partial charge in [0.05, 0.1) is 25.0 Å². The number of carbonyl (C=O) groups is 1. The molecule has 1 rings (SSSR count). The number of halogens is 1. The van der Waals surface area contributed by atoms with Gasteiger partial charge in [-0.1, -0.05) is 0 Å². The molecule has 0 spiro atoms. The summed E-state index contributed by atoms with van der Waals surface area (Å²) in [5.41, 5.74) is 0. The molecule has 1 aromatic carbocycles. The van der Waals surface area contributed by atoms with Gasteiger partial charge in [-0.25, -0.2) is 8.42 Å². The average Bonchev–Trinajstić information content (AvgIpc) is 2.47. The summed E-state index contributed by atoms with van der Waals surface area (Å²) in [5.74, 6) is -0.449. The van der Waals surface area contributed by atoms with Crippen LogP contribution in [0.25, 0.3) is 0 Å². The van der Waals surface area contributed by atoms with E-state index in [0.29, 0.717) is 0 Å². The normalized spacial score (nSPS) is 11.6. The first-order valence-electron chi connectivity index (χ1n) is 6.23. The van der Waals surface area contributed by atoms with E-state index < -0.39 is 16.0 Å². The Kier molecular flexibility index (Phi) is 7.57. The van der Waals surface area contributed by atoms with Gasteiger partial charge in [0.15, 0.2) is 0 Å². The molecule has 0 unspecified atom stereocenters. The van der Waals surface area contributed by atoms with E-state index in [2.05, 4.69) is 27.3 Å². The van der Waals surface area contributed by atoms with Crippen molar-refractivity contribution >= 4 is 38.6 Å². The van der Waals surface area contributed by atoms with Gasteiger partial charge in [0.2, 0.25) is 10.0 Å². The molecule has 0 saturated heterocycles. The largest absolute Gasteiger partial charge is 0.469 e. The van der Waals surface area contributed by atoms with Crippen LogP contribution in [0.1, 0.15) is 6.42 Å². The molecule has 0 saturated carbocycles. The number of esters is 1. The van der Waals surface area contributed by atoms with Crippen LogP contribution >= 0.6 is 22.6 Å². The summed E-state index contributed by atoms with van der Waals surface area (Å²) >= 11 is 2.11. The number of ether oxygens (including phenoxy) is 2. The molecule has 0 atom stereocenters. The van der Waals surface area contributed by atoms with Crippen LogP contribution in [0.4, 0.5) is 0 Å². The zero-order valence-electron chi connectivity index (χ0n) is 11.9. The summed E-state index contributed by atoms with van der Waals surface area (Å²) in [6, 6.07) is 6.55. The molecule has 0 fully saturated rings. The van der Waals surface area contributed by atoms with Crippen LogP contribution in [-0.4, -0.2) is 52.6 Å². The lowest BCUT2D eigenvalue weighted by Gasteiger charge is -2.21. The third kappa shape index (κ3) is 5.53. The van der Waals surface area contributed by atoms with E-state index in [1.165, 1.54) is 18.5 Å². The highest BCUT2D eigenvalue weighted by Crippen LogP contribution is 2.17. The van der Waals surface area contributed by atoms with Crippen molar-refractivity contribution < 1.29 is 22.7 Å². The summed E-state index contributed by atoms with van der Waals surface area (Å²) in [6.07, 6.45) is 0.00378. The quantitative estimate of drug-likeness (QED) is 0.465. The molecule has 0 N–H and O–H groups in total. The minimum atomic E-state index is -3.65. The molecule has 118 valence electrons. The number of rotatable bonds is 8. The minimum absolute atomic E-state index is 0.00378. The van der Waals surface area contributed by atoms with Gasteiger partial charge < -0.3 is 9.47 Å². The molecular weight excluding hydrogens is 409 g/mol. The van der Waals surface area contributed by atoms with Gasteiger partial charge in [-0.3, -0.25) is 4.79 Å². The topological polar surface area (TPSA) is 72.9 Å². The van der Waals surface area contributed by atoms with Crippen molar-refractivity contribution in [1.29, 1.82) is 0 Å². The second-order valence-electron chi connectivity index (χ2n) is 4.18. The third-order valence-electron chi connectivity index (χ3n) is 2.79. The van der Waals surface area contributed by atoms with E-state index in [9.17, 15) is 13.2 Å². The molecule has 0 aromatic heterocycles. The van der Waals surface area contributed by atoms with E-state index in [1.54, 1.807) is 24.3 Å². The van der Waals surface area contributed by atoms with Gasteiger partial charge in [0.25, 0.3) is 0 Å². The van der Waals surface area contributed by atoms with Crippen molar-refractivity contribution in [2.45, 2.75) is 11.3 Å². The Morgan fingerprint density at radius 1 is 1.19 bits per heavy atom. The number of hydrogen-bond acceptors (Lipinski definition) is 5. The second-order valence-corrected chi connectivity index (χ2v) is 7.36. The zero-order chi connectivity index (χ0) is 15.9. The van der Waals surface area contributed by atoms with Crippen LogP contribution in [0.3, 0.4) is 0 Å². The first-order valence-corrected chi connectivity index (χ1v) is 8.75. The fourth-order valence-electron chi connectivity index (χ4n) is 1.62. The monoisotopic (exact) mass is 427 g/mol. The summed E-state index contributed by atoms with van der Waals surface area (Å²) in [7, 11) is -0.882. The number of hydrogen-bond donors (Lipinski definition) is 0. The highest BCUT2D eigenvalue weighted by atomic mass is 127. The van der Waals surface area contributed by atoms with Gasteiger partial charge in [-0.15, -0.1) is 0 Å². The Bertz CT molecular complexity index is 558. The molecule has 0 aliphatic rings. The summed E-state index contributed by atoms with van der Waals surface area (Å²) in [6.45, 7) is 0.497. The number of sulfonamides is 1. The van der Waals surface area contributed by atoms with Crippen LogP contribution in [-0.2, 0) is 24.3 Å². The number of methoxy groups -OCH3 is 2. The maximum absolute atomic E-state index is 12.6. The molecule has 0 aliphatic heterocycles. The van der Waals surface area contributed by atoms with Crippen molar-refractivity contribution in [3.05, 3.63) is 27.8 Å². The van der Waals surface area contributed by atoms with Crippen molar-refractivity contribution in [1.82, 2.24) is 4.31 Å². The Labute approximate surface area is 138 Å². The number of benzene rings is 1. The van der Waals surface area contributed by atoms with Crippen LogP contribution in [0.15, 0.2) is 29.2 Å². The van der Waals surface area contributed by atoms with Crippen molar-refractivity contribution in [2.75, 3.05) is 33.9 Å². The van der Waals surface area contributed by atoms with Crippen LogP contribution in [0.5, 0.6) is 0 Å². The van der Waals surface area contributed by atoms with Crippen molar-refractivity contribution in [3.8, 4) is 0 Å². The lowest BCUT2D eigenvalue weighted by molar-refractivity contribution is -0.140. The van der Waals surface area contributed by atoms with Crippen molar-refractivity contribution in [3.63, 3.8) is 0 Å². The van der Waals surface area contributed by atoms with E-state index in [-0.39, 0.29) is 31.0 Å². The Morgan fingerprint density at radius 3 is 2.33 bits per heavy atom. The van der Waals surface area contributed by atoms with E-state index in [4.69, 9.17) is 4.74 Å². The molecule has 0 aliphatic carbocycles. The van der Waals surface area contributed by atoms with E-state index >= 15 is 0 Å². The first kappa shape index (κ1) is 18.3. The second kappa shape index (κ2) is 8.66. The van der Waals surface area contributed by atoms with Gasteiger partial charge >= 0.3 is 5.97 Å². The highest BCUT2D eigenvalue weighted by Gasteiger charge is 2.24.